The smallest absolute Gasteiger partial charge is 0.276 e. The fourth-order valence-electron chi connectivity index (χ4n) is 2.89. The number of nitrogens with one attached hydrogen (secondary N) is 1. The minimum absolute atomic E-state index is 0.157. The highest BCUT2D eigenvalue weighted by Gasteiger charge is 2.24. The maximum Gasteiger partial charge on any atom is 0.276 e. The van der Waals surface area contributed by atoms with Gasteiger partial charge in [-0.25, -0.2) is 9.97 Å². The molecular formula is C22H15N3O3. The van der Waals surface area contributed by atoms with E-state index in [1.54, 1.807) is 72.8 Å². The third-order valence-corrected chi connectivity index (χ3v) is 4.25. The Hall–Kier alpha value is -4.06. The Labute approximate surface area is 159 Å². The number of rotatable bonds is 4. The van der Waals surface area contributed by atoms with Crippen molar-refractivity contribution >= 4 is 28.3 Å². The SMILES string of the molecule is O=C(/C(=C(\O)c1ccccc1)c1nc2cccnc2[nH]c1=O)c1ccccc1. The van der Waals surface area contributed by atoms with E-state index in [0.717, 1.165) is 0 Å². The fourth-order valence-corrected chi connectivity index (χ4v) is 2.89. The summed E-state index contributed by atoms with van der Waals surface area (Å²) in [6.45, 7) is 0. The number of aliphatic hydroxyl groups excluding tert-OH is 1. The molecule has 2 heterocycles. The largest absolute Gasteiger partial charge is 0.506 e. The van der Waals surface area contributed by atoms with Gasteiger partial charge in [-0.15, -0.1) is 0 Å². The number of carbonyl (C=O) groups is 1. The van der Waals surface area contributed by atoms with Crippen molar-refractivity contribution in [1.29, 1.82) is 0 Å². The van der Waals surface area contributed by atoms with Crippen LogP contribution in [0.3, 0.4) is 0 Å². The van der Waals surface area contributed by atoms with Crippen molar-refractivity contribution in [2.24, 2.45) is 0 Å². The first-order chi connectivity index (χ1) is 13.6. The van der Waals surface area contributed by atoms with Crippen LogP contribution in [0.4, 0.5) is 0 Å². The predicted molar refractivity (Wildman–Crippen MR) is 107 cm³/mol. The summed E-state index contributed by atoms with van der Waals surface area (Å²) in [6, 6.07) is 20.4. The van der Waals surface area contributed by atoms with Crippen LogP contribution in [0.5, 0.6) is 0 Å². The molecule has 0 fully saturated rings. The van der Waals surface area contributed by atoms with Crippen LogP contribution >= 0.6 is 0 Å². The Morgan fingerprint density at radius 2 is 1.50 bits per heavy atom. The summed E-state index contributed by atoms with van der Waals surface area (Å²) in [4.78, 5) is 36.9. The summed E-state index contributed by atoms with van der Waals surface area (Å²) in [5.74, 6) is -0.807. The first-order valence-electron chi connectivity index (χ1n) is 8.59. The van der Waals surface area contributed by atoms with Crippen LogP contribution in [0.2, 0.25) is 0 Å². The third-order valence-electron chi connectivity index (χ3n) is 4.25. The quantitative estimate of drug-likeness (QED) is 0.325. The highest BCUT2D eigenvalue weighted by molar-refractivity contribution is 6.33. The van der Waals surface area contributed by atoms with Crippen LogP contribution in [0.1, 0.15) is 21.6 Å². The van der Waals surface area contributed by atoms with Crippen molar-refractivity contribution in [3.63, 3.8) is 0 Å². The highest BCUT2D eigenvalue weighted by atomic mass is 16.3. The Morgan fingerprint density at radius 1 is 0.857 bits per heavy atom. The van der Waals surface area contributed by atoms with Crippen molar-refractivity contribution in [3.05, 3.63) is 106 Å². The van der Waals surface area contributed by atoms with E-state index in [1.165, 1.54) is 6.20 Å². The lowest BCUT2D eigenvalue weighted by Gasteiger charge is -2.10. The van der Waals surface area contributed by atoms with Crippen molar-refractivity contribution in [3.8, 4) is 0 Å². The number of allylic oxidation sites excluding steroid dienone is 1. The molecule has 0 radical (unpaired) electrons. The van der Waals surface area contributed by atoms with Gasteiger partial charge in [-0.2, -0.15) is 0 Å². The first kappa shape index (κ1) is 17.4. The lowest BCUT2D eigenvalue weighted by atomic mass is 9.97. The monoisotopic (exact) mass is 369 g/mol. The van der Waals surface area contributed by atoms with Gasteiger partial charge in [0.15, 0.2) is 11.4 Å². The molecule has 6 heteroatoms. The zero-order valence-corrected chi connectivity index (χ0v) is 14.7. The second kappa shape index (κ2) is 7.28. The number of Topliss-reactive ketones (excluding diaryl/α,β-unsaturated/α-hetero) is 1. The number of hydrogen-bond acceptors (Lipinski definition) is 5. The summed E-state index contributed by atoms with van der Waals surface area (Å²) in [6.07, 6.45) is 1.53. The topological polar surface area (TPSA) is 95.9 Å². The van der Waals surface area contributed by atoms with E-state index < -0.39 is 11.3 Å². The fraction of sp³-hybridized carbons (Fsp3) is 0. The van der Waals surface area contributed by atoms with E-state index in [2.05, 4.69) is 15.0 Å². The van der Waals surface area contributed by atoms with E-state index in [1.807, 2.05) is 0 Å². The Balaban J connectivity index is 2.00. The maximum absolute atomic E-state index is 13.2. The normalized spacial score (nSPS) is 11.9. The predicted octanol–water partition coefficient (Wildman–Crippen LogP) is 3.63. The number of aromatic amines is 1. The van der Waals surface area contributed by atoms with Gasteiger partial charge < -0.3 is 10.1 Å². The van der Waals surface area contributed by atoms with Crippen LogP contribution in [-0.4, -0.2) is 25.8 Å². The van der Waals surface area contributed by atoms with Gasteiger partial charge in [0.25, 0.3) is 5.56 Å². The Kier molecular flexibility index (Phi) is 4.51. The lowest BCUT2D eigenvalue weighted by Crippen LogP contribution is -2.20. The summed E-state index contributed by atoms with van der Waals surface area (Å²) in [5.41, 5.74) is 0.549. The molecular weight excluding hydrogens is 354 g/mol. The molecule has 0 atom stereocenters. The van der Waals surface area contributed by atoms with Gasteiger partial charge in [-0.1, -0.05) is 60.7 Å². The minimum atomic E-state index is -0.604. The molecule has 0 amide bonds. The zero-order chi connectivity index (χ0) is 19.5. The number of hydrogen-bond donors (Lipinski definition) is 2. The van der Waals surface area contributed by atoms with Gasteiger partial charge in [0.2, 0.25) is 0 Å². The van der Waals surface area contributed by atoms with Gasteiger partial charge in [-0.3, -0.25) is 9.59 Å². The molecule has 4 aromatic rings. The number of ketones is 1. The van der Waals surface area contributed by atoms with Gasteiger partial charge in [0.05, 0.1) is 5.57 Å². The molecule has 0 bridgehead atoms. The number of aliphatic hydroxyl groups is 1. The third kappa shape index (κ3) is 3.19. The molecule has 2 aromatic carbocycles. The molecule has 0 unspecified atom stereocenters. The van der Waals surface area contributed by atoms with Crippen LogP contribution in [-0.2, 0) is 0 Å². The van der Waals surface area contributed by atoms with Gasteiger partial charge in [0, 0.05) is 17.3 Å². The molecule has 0 saturated heterocycles. The van der Waals surface area contributed by atoms with E-state index in [-0.39, 0.29) is 17.0 Å². The van der Waals surface area contributed by atoms with Crippen molar-refractivity contribution in [1.82, 2.24) is 15.0 Å². The van der Waals surface area contributed by atoms with Crippen molar-refractivity contribution in [2.75, 3.05) is 0 Å². The first-order valence-corrected chi connectivity index (χ1v) is 8.59. The van der Waals surface area contributed by atoms with E-state index in [9.17, 15) is 14.7 Å². The average Bonchev–Trinajstić information content (AvgIpc) is 2.75. The summed E-state index contributed by atoms with van der Waals surface area (Å²) in [7, 11) is 0. The van der Waals surface area contributed by atoms with E-state index >= 15 is 0 Å². The standard InChI is InChI=1S/C22H15N3O3/c26-19(14-8-3-1-4-9-14)17(20(27)15-10-5-2-6-11-15)18-22(28)25-21-16(24-18)12-7-13-23-21/h1-13,26H,(H,23,25,28)/b19-17-. The molecule has 28 heavy (non-hydrogen) atoms. The zero-order valence-electron chi connectivity index (χ0n) is 14.7. The second-order valence-electron chi connectivity index (χ2n) is 6.07. The molecule has 2 N–H and O–H groups in total. The van der Waals surface area contributed by atoms with Gasteiger partial charge in [0.1, 0.15) is 17.0 Å². The Morgan fingerprint density at radius 3 is 2.18 bits per heavy atom. The number of carbonyl (C=O) groups excluding carboxylic acids is 1. The molecule has 0 aliphatic heterocycles. The summed E-state index contributed by atoms with van der Waals surface area (Å²) >= 11 is 0. The lowest BCUT2D eigenvalue weighted by molar-refractivity contribution is 0.105. The van der Waals surface area contributed by atoms with Crippen molar-refractivity contribution in [2.45, 2.75) is 0 Å². The van der Waals surface area contributed by atoms with Crippen molar-refractivity contribution < 1.29 is 9.90 Å². The van der Waals surface area contributed by atoms with Gasteiger partial charge in [-0.05, 0) is 12.1 Å². The molecule has 4 rings (SSSR count). The number of H-pyrrole nitrogens is 1. The highest BCUT2D eigenvalue weighted by Crippen LogP contribution is 2.26. The number of aromatic nitrogens is 3. The summed E-state index contributed by atoms with van der Waals surface area (Å²) in [5, 5.41) is 10.9. The molecule has 0 saturated carbocycles. The molecule has 0 aliphatic rings. The van der Waals surface area contributed by atoms with Crippen LogP contribution in [0.25, 0.3) is 22.5 Å². The van der Waals surface area contributed by atoms with Crippen LogP contribution < -0.4 is 5.56 Å². The maximum atomic E-state index is 13.2. The molecule has 0 aliphatic carbocycles. The minimum Gasteiger partial charge on any atom is -0.506 e. The number of benzene rings is 2. The Bertz CT molecular complexity index is 1250. The molecule has 6 nitrogen and oxygen atoms in total. The average molecular weight is 369 g/mol. The number of fused-ring (bicyclic) bond motifs is 1. The second-order valence-corrected chi connectivity index (χ2v) is 6.07. The van der Waals surface area contributed by atoms with Crippen LogP contribution in [0, 0.1) is 0 Å². The summed E-state index contributed by atoms with van der Waals surface area (Å²) < 4.78 is 0. The van der Waals surface area contributed by atoms with E-state index in [4.69, 9.17) is 0 Å². The molecule has 136 valence electrons. The number of pyridine rings is 1. The molecule has 2 aromatic heterocycles. The van der Waals surface area contributed by atoms with Crippen LogP contribution in [0.15, 0.2) is 83.8 Å². The van der Waals surface area contributed by atoms with Gasteiger partial charge >= 0.3 is 0 Å². The number of nitrogens with zero attached hydrogens (tertiary/aromatic N) is 2. The van der Waals surface area contributed by atoms with E-state index in [0.29, 0.717) is 22.3 Å². The molecule has 0 spiro atoms.